The fraction of sp³-hybridized carbons (Fsp3) is 0. The SMILES string of the molecule is O=C1NC(=O)c2cc(Nc3ccnc(F)c3)ccc21. The third kappa shape index (κ3) is 2.03. The Bertz CT molecular complexity index is 700. The molecular weight excluding hydrogens is 249 g/mol. The van der Waals surface area contributed by atoms with Crippen molar-refractivity contribution in [2.45, 2.75) is 0 Å². The third-order valence-electron chi connectivity index (χ3n) is 2.75. The maximum Gasteiger partial charge on any atom is 0.259 e. The molecule has 0 bridgehead atoms. The Balaban J connectivity index is 1.93. The summed E-state index contributed by atoms with van der Waals surface area (Å²) < 4.78 is 12.9. The van der Waals surface area contributed by atoms with Crippen LogP contribution in [0.3, 0.4) is 0 Å². The van der Waals surface area contributed by atoms with Gasteiger partial charge in [-0.05, 0) is 24.3 Å². The molecular formula is C13H8FN3O2. The molecule has 0 aliphatic carbocycles. The fourth-order valence-corrected chi connectivity index (χ4v) is 1.89. The van der Waals surface area contributed by atoms with Crippen molar-refractivity contribution in [3.05, 3.63) is 53.6 Å². The first-order chi connectivity index (χ1) is 9.13. The molecule has 3 rings (SSSR count). The molecule has 1 aromatic heterocycles. The lowest BCUT2D eigenvalue weighted by Gasteiger charge is -2.06. The third-order valence-corrected chi connectivity index (χ3v) is 2.75. The molecule has 1 aliphatic rings. The Hall–Kier alpha value is -2.76. The van der Waals surface area contributed by atoms with E-state index >= 15 is 0 Å². The Morgan fingerprint density at radius 2 is 1.74 bits per heavy atom. The molecule has 2 amide bonds. The predicted molar refractivity (Wildman–Crippen MR) is 65.7 cm³/mol. The van der Waals surface area contributed by atoms with Gasteiger partial charge in [-0.15, -0.1) is 0 Å². The molecule has 0 saturated heterocycles. The Kier molecular flexibility index (Phi) is 2.49. The molecule has 0 spiro atoms. The van der Waals surface area contributed by atoms with E-state index in [-0.39, 0.29) is 0 Å². The van der Waals surface area contributed by atoms with Crippen molar-refractivity contribution >= 4 is 23.2 Å². The van der Waals surface area contributed by atoms with Crippen molar-refractivity contribution in [3.8, 4) is 0 Å². The number of hydrogen-bond donors (Lipinski definition) is 2. The van der Waals surface area contributed by atoms with Crippen molar-refractivity contribution in [2.75, 3.05) is 5.32 Å². The molecule has 5 nitrogen and oxygen atoms in total. The first-order valence-electron chi connectivity index (χ1n) is 5.52. The molecule has 0 atom stereocenters. The molecule has 0 radical (unpaired) electrons. The van der Waals surface area contributed by atoms with Crippen LogP contribution in [-0.2, 0) is 0 Å². The van der Waals surface area contributed by atoms with Crippen molar-refractivity contribution in [1.29, 1.82) is 0 Å². The van der Waals surface area contributed by atoms with E-state index in [0.29, 0.717) is 22.5 Å². The van der Waals surface area contributed by atoms with Crippen LogP contribution < -0.4 is 10.6 Å². The molecule has 0 fully saturated rings. The van der Waals surface area contributed by atoms with Gasteiger partial charge in [0.2, 0.25) is 5.95 Å². The van der Waals surface area contributed by atoms with Crippen LogP contribution >= 0.6 is 0 Å². The highest BCUT2D eigenvalue weighted by molar-refractivity contribution is 6.21. The minimum absolute atomic E-state index is 0.310. The highest BCUT2D eigenvalue weighted by Gasteiger charge is 2.26. The molecule has 2 aromatic rings. The van der Waals surface area contributed by atoms with Crippen molar-refractivity contribution < 1.29 is 14.0 Å². The Labute approximate surface area is 107 Å². The summed E-state index contributed by atoms with van der Waals surface area (Å²) in [6.45, 7) is 0. The van der Waals surface area contributed by atoms with Crippen molar-refractivity contribution in [3.63, 3.8) is 0 Å². The summed E-state index contributed by atoms with van der Waals surface area (Å²) in [6.07, 6.45) is 1.33. The Morgan fingerprint density at radius 1 is 1.00 bits per heavy atom. The smallest absolute Gasteiger partial charge is 0.259 e. The predicted octanol–water partition coefficient (Wildman–Crippen LogP) is 1.85. The second-order valence-electron chi connectivity index (χ2n) is 4.04. The first kappa shape index (κ1) is 11.3. The van der Waals surface area contributed by atoms with Crippen LogP contribution in [0.4, 0.5) is 15.8 Å². The van der Waals surface area contributed by atoms with Gasteiger partial charge in [-0.1, -0.05) is 0 Å². The van der Waals surface area contributed by atoms with Crippen LogP contribution in [0.25, 0.3) is 0 Å². The molecule has 0 saturated carbocycles. The molecule has 2 N–H and O–H groups in total. The van der Waals surface area contributed by atoms with E-state index in [2.05, 4.69) is 15.6 Å². The minimum Gasteiger partial charge on any atom is -0.355 e. The summed E-state index contributed by atoms with van der Waals surface area (Å²) in [5.41, 5.74) is 1.76. The number of carbonyl (C=O) groups excluding carboxylic acids is 2. The number of imide groups is 1. The number of pyridine rings is 1. The molecule has 1 aromatic carbocycles. The van der Waals surface area contributed by atoms with E-state index in [4.69, 9.17) is 0 Å². The maximum atomic E-state index is 12.9. The number of anilines is 2. The number of amides is 2. The van der Waals surface area contributed by atoms with E-state index in [1.54, 1.807) is 24.3 Å². The number of hydrogen-bond acceptors (Lipinski definition) is 4. The molecule has 1 aliphatic heterocycles. The highest BCUT2D eigenvalue weighted by atomic mass is 19.1. The van der Waals surface area contributed by atoms with E-state index in [1.807, 2.05) is 0 Å². The normalized spacial score (nSPS) is 13.1. The number of benzene rings is 1. The summed E-state index contributed by atoms with van der Waals surface area (Å²) >= 11 is 0. The average Bonchev–Trinajstić information content (AvgIpc) is 2.65. The number of nitrogens with one attached hydrogen (secondary N) is 2. The van der Waals surface area contributed by atoms with Crippen LogP contribution in [0.15, 0.2) is 36.5 Å². The van der Waals surface area contributed by atoms with Gasteiger partial charge in [0, 0.05) is 23.6 Å². The number of halogens is 1. The van der Waals surface area contributed by atoms with Gasteiger partial charge in [-0.3, -0.25) is 14.9 Å². The quantitative estimate of drug-likeness (QED) is 0.636. The standard InChI is InChI=1S/C13H8FN3O2/c14-11-6-8(3-4-15-11)16-7-1-2-9-10(5-7)13(19)17-12(9)18/h1-6H,(H,15,16)(H,17,18,19). The van der Waals surface area contributed by atoms with Gasteiger partial charge in [-0.25, -0.2) is 4.98 Å². The number of fused-ring (bicyclic) bond motifs is 1. The zero-order chi connectivity index (χ0) is 13.4. The second-order valence-corrected chi connectivity index (χ2v) is 4.04. The zero-order valence-electron chi connectivity index (χ0n) is 9.61. The molecule has 19 heavy (non-hydrogen) atoms. The topological polar surface area (TPSA) is 71.1 Å². The Morgan fingerprint density at radius 3 is 2.53 bits per heavy atom. The van der Waals surface area contributed by atoms with Crippen molar-refractivity contribution in [1.82, 2.24) is 10.3 Å². The molecule has 2 heterocycles. The highest BCUT2D eigenvalue weighted by Crippen LogP contribution is 2.23. The largest absolute Gasteiger partial charge is 0.355 e. The lowest BCUT2D eigenvalue weighted by Crippen LogP contribution is -2.19. The molecule has 0 unspecified atom stereocenters. The van der Waals surface area contributed by atoms with E-state index < -0.39 is 17.8 Å². The summed E-state index contributed by atoms with van der Waals surface area (Å²) in [4.78, 5) is 26.3. The first-order valence-corrected chi connectivity index (χ1v) is 5.52. The lowest BCUT2D eigenvalue weighted by atomic mass is 10.1. The van der Waals surface area contributed by atoms with Crippen LogP contribution in [0.5, 0.6) is 0 Å². The van der Waals surface area contributed by atoms with Gasteiger partial charge < -0.3 is 5.32 Å². The maximum absolute atomic E-state index is 12.9. The number of rotatable bonds is 2. The van der Waals surface area contributed by atoms with Gasteiger partial charge in [0.1, 0.15) is 0 Å². The van der Waals surface area contributed by atoms with E-state index in [0.717, 1.165) is 0 Å². The van der Waals surface area contributed by atoms with Gasteiger partial charge in [0.05, 0.1) is 11.1 Å². The molecule has 6 heteroatoms. The van der Waals surface area contributed by atoms with Gasteiger partial charge in [-0.2, -0.15) is 4.39 Å². The molecule has 94 valence electrons. The monoisotopic (exact) mass is 257 g/mol. The van der Waals surface area contributed by atoms with Crippen molar-refractivity contribution in [2.24, 2.45) is 0 Å². The van der Waals surface area contributed by atoms with E-state index in [9.17, 15) is 14.0 Å². The number of aromatic nitrogens is 1. The minimum atomic E-state index is -0.598. The number of nitrogens with zero attached hydrogens (tertiary/aromatic N) is 1. The summed E-state index contributed by atoms with van der Waals surface area (Å²) in [6, 6.07) is 7.58. The summed E-state index contributed by atoms with van der Waals surface area (Å²) in [5.74, 6) is -1.43. The summed E-state index contributed by atoms with van der Waals surface area (Å²) in [5, 5.41) is 5.15. The van der Waals surface area contributed by atoms with Crippen LogP contribution in [-0.4, -0.2) is 16.8 Å². The van der Waals surface area contributed by atoms with Gasteiger partial charge >= 0.3 is 0 Å². The summed E-state index contributed by atoms with van der Waals surface area (Å²) in [7, 11) is 0. The average molecular weight is 257 g/mol. The van der Waals surface area contributed by atoms with Crippen LogP contribution in [0, 0.1) is 5.95 Å². The van der Waals surface area contributed by atoms with Gasteiger partial charge in [0.25, 0.3) is 11.8 Å². The second kappa shape index (κ2) is 4.16. The lowest BCUT2D eigenvalue weighted by molar-refractivity contribution is 0.0879. The van der Waals surface area contributed by atoms with E-state index in [1.165, 1.54) is 12.3 Å². The van der Waals surface area contributed by atoms with Crippen LogP contribution in [0.1, 0.15) is 20.7 Å². The zero-order valence-corrected chi connectivity index (χ0v) is 9.61. The number of carbonyl (C=O) groups is 2. The fourth-order valence-electron chi connectivity index (χ4n) is 1.89. The van der Waals surface area contributed by atoms with Gasteiger partial charge in [0.15, 0.2) is 0 Å². The van der Waals surface area contributed by atoms with Crippen LogP contribution in [0.2, 0.25) is 0 Å².